The molecule has 0 aliphatic heterocycles. The molecule has 2 aromatic rings. The summed E-state index contributed by atoms with van der Waals surface area (Å²) >= 11 is 0. The molecule has 220 valence electrons. The normalized spacial score (nSPS) is 21.4. The highest BCUT2D eigenvalue weighted by Gasteiger charge is 2.27. The minimum absolute atomic E-state index is 0.00175. The summed E-state index contributed by atoms with van der Waals surface area (Å²) in [6.45, 7) is 4.76. The Morgan fingerprint density at radius 2 is 1.52 bits per heavy atom. The van der Waals surface area contributed by atoms with Crippen molar-refractivity contribution in [2.75, 3.05) is 6.61 Å². The molecular weight excluding hydrogens is 512 g/mol. The predicted molar refractivity (Wildman–Crippen MR) is 156 cm³/mol. The highest BCUT2D eigenvalue weighted by Crippen LogP contribution is 2.40. The molecule has 0 saturated heterocycles. The van der Waals surface area contributed by atoms with Gasteiger partial charge in [0.05, 0.1) is 6.61 Å². The number of hydrogen-bond donors (Lipinski definition) is 0. The van der Waals surface area contributed by atoms with Gasteiger partial charge in [-0.25, -0.2) is 13.2 Å². The number of unbranched alkanes of at least 4 members (excludes halogenated alkanes) is 5. The molecule has 0 heterocycles. The molecule has 0 aromatic heterocycles. The van der Waals surface area contributed by atoms with Crippen molar-refractivity contribution in [1.82, 2.24) is 0 Å². The monoisotopic (exact) mass is 558 g/mol. The maximum absolute atomic E-state index is 15.0. The molecule has 1 atom stereocenters. The Balaban J connectivity index is 1.25. The molecule has 1 saturated carbocycles. The maximum Gasteiger partial charge on any atom is 0.200 e. The second kappa shape index (κ2) is 15.1. The number of rotatable bonds is 13. The van der Waals surface area contributed by atoms with Crippen molar-refractivity contribution in [2.24, 2.45) is 11.8 Å². The Labute approximate surface area is 238 Å². The fourth-order valence-electron chi connectivity index (χ4n) is 6.40. The average molecular weight is 559 g/mol. The third kappa shape index (κ3) is 7.91. The Kier molecular flexibility index (Phi) is 11.6. The van der Waals surface area contributed by atoms with Gasteiger partial charge in [0.25, 0.3) is 0 Å². The zero-order valence-electron chi connectivity index (χ0n) is 24.4. The fraction of sp³-hybridized carbons (Fsp3) is 0.600. The summed E-state index contributed by atoms with van der Waals surface area (Å²) in [6.07, 6.45) is 15.9. The van der Waals surface area contributed by atoms with Gasteiger partial charge in [-0.1, -0.05) is 70.2 Å². The molecule has 0 bridgehead atoms. The quantitative estimate of drug-likeness (QED) is 0.175. The highest BCUT2D eigenvalue weighted by atomic mass is 19.2. The predicted octanol–water partition coefficient (Wildman–Crippen LogP) is 11.1. The summed E-state index contributed by atoms with van der Waals surface area (Å²) in [6, 6.07) is 6.74. The standard InChI is InChI=1S/C35H46F4O/c1-3-4-5-6-7-8-23-40-31-22-21-30(34(38)35(31)39)27-16-11-25(12-17-27)13-18-28-19-20-29(33(37)32(28)36)26-14-9-24(2)10-15-26/h14,19-22,24-25,27H,3-13,15-18,23H2,1-2H3. The molecule has 0 spiro atoms. The largest absolute Gasteiger partial charge is 0.490 e. The Morgan fingerprint density at radius 3 is 2.25 bits per heavy atom. The van der Waals surface area contributed by atoms with Crippen LogP contribution < -0.4 is 4.74 Å². The Hall–Kier alpha value is -2.30. The molecule has 0 radical (unpaired) electrons. The number of allylic oxidation sites excluding steroid dienone is 2. The second-order valence-corrected chi connectivity index (χ2v) is 12.2. The van der Waals surface area contributed by atoms with Crippen molar-refractivity contribution < 1.29 is 22.3 Å². The molecule has 1 fully saturated rings. The number of ether oxygens (including phenoxy) is 1. The SMILES string of the molecule is CCCCCCCCOc1ccc(C2CCC(CCc3ccc(C4=CCC(C)CC4)c(F)c3F)CC2)c(F)c1F. The first kappa shape index (κ1) is 30.7. The van der Waals surface area contributed by atoms with E-state index < -0.39 is 23.3 Å². The van der Waals surface area contributed by atoms with Crippen LogP contribution in [-0.4, -0.2) is 6.61 Å². The summed E-state index contributed by atoms with van der Waals surface area (Å²) < 4.78 is 65.1. The van der Waals surface area contributed by atoms with Crippen molar-refractivity contribution in [3.05, 3.63) is 70.3 Å². The van der Waals surface area contributed by atoms with E-state index in [1.807, 2.05) is 0 Å². The van der Waals surface area contributed by atoms with Gasteiger partial charge in [-0.3, -0.25) is 0 Å². The van der Waals surface area contributed by atoms with Crippen LogP contribution in [0.15, 0.2) is 30.3 Å². The van der Waals surface area contributed by atoms with Gasteiger partial charge in [-0.15, -0.1) is 0 Å². The van der Waals surface area contributed by atoms with Crippen LogP contribution in [0.3, 0.4) is 0 Å². The lowest BCUT2D eigenvalue weighted by atomic mass is 9.76. The van der Waals surface area contributed by atoms with Gasteiger partial charge in [0.2, 0.25) is 5.82 Å². The third-order valence-electron chi connectivity index (χ3n) is 9.12. The minimum Gasteiger partial charge on any atom is -0.490 e. The van der Waals surface area contributed by atoms with Crippen LogP contribution in [0.25, 0.3) is 5.57 Å². The van der Waals surface area contributed by atoms with E-state index in [1.54, 1.807) is 24.3 Å². The van der Waals surface area contributed by atoms with Crippen LogP contribution in [0, 0.1) is 35.1 Å². The maximum atomic E-state index is 15.0. The van der Waals surface area contributed by atoms with Crippen LogP contribution >= 0.6 is 0 Å². The lowest BCUT2D eigenvalue weighted by molar-refractivity contribution is 0.280. The van der Waals surface area contributed by atoms with E-state index in [9.17, 15) is 17.6 Å². The van der Waals surface area contributed by atoms with E-state index >= 15 is 0 Å². The molecule has 40 heavy (non-hydrogen) atoms. The molecule has 1 unspecified atom stereocenters. The topological polar surface area (TPSA) is 9.23 Å². The smallest absolute Gasteiger partial charge is 0.200 e. The van der Waals surface area contributed by atoms with Crippen LogP contribution in [0.2, 0.25) is 0 Å². The van der Waals surface area contributed by atoms with E-state index in [0.29, 0.717) is 41.6 Å². The third-order valence-corrected chi connectivity index (χ3v) is 9.12. The molecule has 0 N–H and O–H groups in total. The first-order chi connectivity index (χ1) is 19.4. The summed E-state index contributed by atoms with van der Waals surface area (Å²) in [5.41, 5.74) is 2.18. The van der Waals surface area contributed by atoms with Crippen LogP contribution in [-0.2, 0) is 6.42 Å². The summed E-state index contributed by atoms with van der Waals surface area (Å²) in [7, 11) is 0. The summed E-state index contributed by atoms with van der Waals surface area (Å²) in [5, 5.41) is 0. The molecule has 2 aromatic carbocycles. The lowest BCUT2D eigenvalue weighted by Crippen LogP contribution is -2.16. The van der Waals surface area contributed by atoms with E-state index in [1.165, 1.54) is 19.3 Å². The molecule has 2 aliphatic carbocycles. The van der Waals surface area contributed by atoms with Crippen molar-refractivity contribution >= 4 is 5.57 Å². The Morgan fingerprint density at radius 1 is 0.775 bits per heavy atom. The van der Waals surface area contributed by atoms with Crippen molar-refractivity contribution in [3.8, 4) is 5.75 Å². The van der Waals surface area contributed by atoms with Crippen LogP contribution in [0.4, 0.5) is 17.6 Å². The van der Waals surface area contributed by atoms with Crippen LogP contribution in [0.1, 0.15) is 126 Å². The van der Waals surface area contributed by atoms with Crippen LogP contribution in [0.5, 0.6) is 5.75 Å². The molecule has 4 rings (SSSR count). The van der Waals surface area contributed by atoms with Gasteiger partial charge in [0.1, 0.15) is 0 Å². The zero-order valence-corrected chi connectivity index (χ0v) is 24.4. The number of benzene rings is 2. The van der Waals surface area contributed by atoms with E-state index in [4.69, 9.17) is 4.74 Å². The van der Waals surface area contributed by atoms with Crippen molar-refractivity contribution in [1.29, 1.82) is 0 Å². The van der Waals surface area contributed by atoms with Crippen molar-refractivity contribution in [3.63, 3.8) is 0 Å². The summed E-state index contributed by atoms with van der Waals surface area (Å²) in [5.74, 6) is -2.19. The molecule has 0 amide bonds. The average Bonchev–Trinajstić information content (AvgIpc) is 2.96. The molecular formula is C35H46F4O. The minimum atomic E-state index is -0.884. The molecule has 5 heteroatoms. The first-order valence-corrected chi connectivity index (χ1v) is 15.7. The first-order valence-electron chi connectivity index (χ1n) is 15.7. The number of aryl methyl sites for hydroxylation is 1. The van der Waals surface area contributed by atoms with E-state index in [2.05, 4.69) is 19.9 Å². The lowest BCUT2D eigenvalue weighted by Gasteiger charge is -2.29. The second-order valence-electron chi connectivity index (χ2n) is 12.2. The van der Waals surface area contributed by atoms with Gasteiger partial charge < -0.3 is 4.74 Å². The number of halogens is 4. The highest BCUT2D eigenvalue weighted by molar-refractivity contribution is 5.67. The van der Waals surface area contributed by atoms with Gasteiger partial charge in [0.15, 0.2) is 23.2 Å². The van der Waals surface area contributed by atoms with E-state index in [0.717, 1.165) is 76.2 Å². The van der Waals surface area contributed by atoms with Gasteiger partial charge in [-0.05, 0) is 105 Å². The molecule has 2 aliphatic rings. The Bertz CT molecular complexity index is 1130. The zero-order chi connectivity index (χ0) is 28.5. The van der Waals surface area contributed by atoms with Gasteiger partial charge in [0, 0.05) is 5.56 Å². The van der Waals surface area contributed by atoms with Crippen molar-refractivity contribution in [2.45, 2.75) is 116 Å². The van der Waals surface area contributed by atoms with Gasteiger partial charge in [-0.2, -0.15) is 4.39 Å². The van der Waals surface area contributed by atoms with E-state index in [-0.39, 0.29) is 11.7 Å². The number of hydrogen-bond acceptors (Lipinski definition) is 1. The molecule has 1 nitrogen and oxygen atoms in total. The van der Waals surface area contributed by atoms with Gasteiger partial charge >= 0.3 is 0 Å². The fourth-order valence-corrected chi connectivity index (χ4v) is 6.40. The summed E-state index contributed by atoms with van der Waals surface area (Å²) in [4.78, 5) is 0.